The van der Waals surface area contributed by atoms with Gasteiger partial charge in [-0.15, -0.1) is 0 Å². The summed E-state index contributed by atoms with van der Waals surface area (Å²) in [5.74, 6) is 0.315. The second kappa shape index (κ2) is 8.56. The predicted octanol–water partition coefficient (Wildman–Crippen LogP) is 3.03. The highest BCUT2D eigenvalue weighted by molar-refractivity contribution is 5.93. The van der Waals surface area contributed by atoms with Gasteiger partial charge in [-0.1, -0.05) is 13.8 Å². The Balaban J connectivity index is 2.10. The molecule has 0 unspecified atom stereocenters. The number of hydrogen-bond donors (Lipinski definition) is 1. The van der Waals surface area contributed by atoms with E-state index in [0.717, 1.165) is 22.8 Å². The number of methoxy groups -OCH3 is 1. The van der Waals surface area contributed by atoms with Crippen molar-refractivity contribution >= 4 is 11.9 Å². The lowest BCUT2D eigenvalue weighted by Gasteiger charge is -2.11. The molecule has 140 valence electrons. The van der Waals surface area contributed by atoms with E-state index >= 15 is 0 Å². The van der Waals surface area contributed by atoms with Crippen molar-refractivity contribution in [2.75, 3.05) is 20.3 Å². The van der Waals surface area contributed by atoms with Gasteiger partial charge in [0.1, 0.15) is 5.75 Å². The number of ether oxygens (including phenoxy) is 2. The maximum Gasteiger partial charge on any atom is 0.340 e. The van der Waals surface area contributed by atoms with Crippen LogP contribution in [-0.2, 0) is 9.53 Å². The lowest BCUT2D eigenvalue weighted by molar-refractivity contribution is -0.124. The van der Waals surface area contributed by atoms with Crippen LogP contribution in [0.2, 0.25) is 0 Å². The first kappa shape index (κ1) is 19.6. The standard InChI is InChI=1S/C20H26N2O4/c1-13(2)11-21-19(23)12-26-20(24)18-10-14(3)22(15(18)4)16-6-8-17(25-5)9-7-16/h6-10,13H,11-12H2,1-5H3,(H,21,23). The molecule has 0 aliphatic rings. The normalized spacial score (nSPS) is 10.7. The maximum atomic E-state index is 12.4. The summed E-state index contributed by atoms with van der Waals surface area (Å²) >= 11 is 0. The lowest BCUT2D eigenvalue weighted by atomic mass is 10.2. The van der Waals surface area contributed by atoms with Crippen molar-refractivity contribution in [1.29, 1.82) is 0 Å². The topological polar surface area (TPSA) is 69.6 Å². The number of nitrogens with zero attached hydrogens (tertiary/aromatic N) is 1. The summed E-state index contributed by atoms with van der Waals surface area (Å²) in [6, 6.07) is 9.35. The Hall–Kier alpha value is -2.76. The van der Waals surface area contributed by atoms with E-state index in [2.05, 4.69) is 5.32 Å². The molecule has 1 heterocycles. The lowest BCUT2D eigenvalue weighted by Crippen LogP contribution is -2.31. The number of benzene rings is 1. The average Bonchev–Trinajstić information content (AvgIpc) is 2.92. The van der Waals surface area contributed by atoms with Gasteiger partial charge in [-0.2, -0.15) is 0 Å². The van der Waals surface area contributed by atoms with E-state index in [1.165, 1.54) is 0 Å². The zero-order valence-corrected chi connectivity index (χ0v) is 16.0. The minimum absolute atomic E-state index is 0.280. The van der Waals surface area contributed by atoms with Gasteiger partial charge in [-0.05, 0) is 50.1 Å². The van der Waals surface area contributed by atoms with Crippen LogP contribution in [0.4, 0.5) is 0 Å². The van der Waals surface area contributed by atoms with Crippen LogP contribution in [0.5, 0.6) is 5.75 Å². The second-order valence-corrected chi connectivity index (χ2v) is 6.59. The van der Waals surface area contributed by atoms with Crippen molar-refractivity contribution in [2.24, 2.45) is 5.92 Å². The largest absolute Gasteiger partial charge is 0.497 e. The number of amides is 1. The molecule has 0 bridgehead atoms. The zero-order valence-electron chi connectivity index (χ0n) is 16.0. The summed E-state index contributed by atoms with van der Waals surface area (Å²) in [6.45, 7) is 8.05. The molecule has 0 spiro atoms. The van der Waals surface area contributed by atoms with Crippen molar-refractivity contribution in [3.05, 3.63) is 47.3 Å². The van der Waals surface area contributed by atoms with Gasteiger partial charge in [0.05, 0.1) is 12.7 Å². The third-order valence-electron chi connectivity index (χ3n) is 4.02. The van der Waals surface area contributed by atoms with Crippen LogP contribution in [0.1, 0.15) is 35.6 Å². The third kappa shape index (κ3) is 4.65. The Morgan fingerprint density at radius 3 is 2.38 bits per heavy atom. The number of carbonyl (C=O) groups is 2. The second-order valence-electron chi connectivity index (χ2n) is 6.59. The number of rotatable bonds is 7. The molecule has 0 aliphatic heterocycles. The molecule has 0 aliphatic carbocycles. The quantitative estimate of drug-likeness (QED) is 0.773. The van der Waals surface area contributed by atoms with E-state index < -0.39 is 5.97 Å². The predicted molar refractivity (Wildman–Crippen MR) is 99.9 cm³/mol. The Labute approximate surface area is 154 Å². The Morgan fingerprint density at radius 2 is 1.81 bits per heavy atom. The highest BCUT2D eigenvalue weighted by Crippen LogP contribution is 2.23. The van der Waals surface area contributed by atoms with E-state index in [4.69, 9.17) is 9.47 Å². The molecule has 6 nitrogen and oxygen atoms in total. The summed E-state index contributed by atoms with van der Waals surface area (Å²) in [5.41, 5.74) is 3.05. The summed E-state index contributed by atoms with van der Waals surface area (Å²) in [5, 5.41) is 2.72. The van der Waals surface area contributed by atoms with E-state index in [1.54, 1.807) is 13.2 Å². The van der Waals surface area contributed by atoms with Gasteiger partial charge in [0.2, 0.25) is 0 Å². The van der Waals surface area contributed by atoms with Crippen LogP contribution in [0.25, 0.3) is 5.69 Å². The van der Waals surface area contributed by atoms with Gasteiger partial charge in [0, 0.05) is 23.6 Å². The third-order valence-corrected chi connectivity index (χ3v) is 4.02. The number of esters is 1. The van der Waals surface area contributed by atoms with Crippen molar-refractivity contribution in [1.82, 2.24) is 9.88 Å². The average molecular weight is 358 g/mol. The Kier molecular flexibility index (Phi) is 6.44. The van der Waals surface area contributed by atoms with Gasteiger partial charge < -0.3 is 19.4 Å². The minimum Gasteiger partial charge on any atom is -0.497 e. The summed E-state index contributed by atoms with van der Waals surface area (Å²) in [6.07, 6.45) is 0. The van der Waals surface area contributed by atoms with Gasteiger partial charge in [-0.25, -0.2) is 4.79 Å². The number of hydrogen-bond acceptors (Lipinski definition) is 4. The number of nitrogens with one attached hydrogen (secondary N) is 1. The Morgan fingerprint density at radius 1 is 1.15 bits per heavy atom. The van der Waals surface area contributed by atoms with Crippen LogP contribution < -0.4 is 10.1 Å². The molecule has 2 rings (SSSR count). The first-order valence-electron chi connectivity index (χ1n) is 8.60. The Bertz CT molecular complexity index is 776. The first-order chi connectivity index (χ1) is 12.3. The van der Waals surface area contributed by atoms with Crippen LogP contribution in [0, 0.1) is 19.8 Å². The smallest absolute Gasteiger partial charge is 0.340 e. The zero-order chi connectivity index (χ0) is 19.3. The summed E-state index contributed by atoms with van der Waals surface area (Å²) < 4.78 is 12.3. The van der Waals surface area contributed by atoms with Crippen LogP contribution >= 0.6 is 0 Å². The van der Waals surface area contributed by atoms with Crippen molar-refractivity contribution in [3.63, 3.8) is 0 Å². The summed E-state index contributed by atoms with van der Waals surface area (Å²) in [4.78, 5) is 24.1. The van der Waals surface area contributed by atoms with E-state index in [9.17, 15) is 9.59 Å². The SMILES string of the molecule is COc1ccc(-n2c(C)cc(C(=O)OCC(=O)NCC(C)C)c2C)cc1. The van der Waals surface area contributed by atoms with E-state index in [-0.39, 0.29) is 12.5 Å². The van der Waals surface area contributed by atoms with Crippen molar-refractivity contribution in [2.45, 2.75) is 27.7 Å². The number of aromatic nitrogens is 1. The highest BCUT2D eigenvalue weighted by atomic mass is 16.5. The van der Waals surface area contributed by atoms with Crippen LogP contribution in [0.15, 0.2) is 30.3 Å². The monoisotopic (exact) mass is 358 g/mol. The highest BCUT2D eigenvalue weighted by Gasteiger charge is 2.19. The minimum atomic E-state index is -0.502. The number of aryl methyl sites for hydroxylation is 1. The van der Waals surface area contributed by atoms with Crippen LogP contribution in [-0.4, -0.2) is 36.7 Å². The molecule has 0 radical (unpaired) electrons. The van der Waals surface area contributed by atoms with Crippen molar-refractivity contribution < 1.29 is 19.1 Å². The van der Waals surface area contributed by atoms with Crippen LogP contribution in [0.3, 0.4) is 0 Å². The fourth-order valence-corrected chi connectivity index (χ4v) is 2.68. The van der Waals surface area contributed by atoms with Crippen molar-refractivity contribution in [3.8, 4) is 11.4 Å². The van der Waals surface area contributed by atoms with Gasteiger partial charge in [-0.3, -0.25) is 4.79 Å². The van der Waals surface area contributed by atoms with Gasteiger partial charge >= 0.3 is 5.97 Å². The van der Waals surface area contributed by atoms with Gasteiger partial charge in [0.25, 0.3) is 5.91 Å². The molecule has 6 heteroatoms. The molecule has 26 heavy (non-hydrogen) atoms. The molecule has 1 N–H and O–H groups in total. The fourth-order valence-electron chi connectivity index (χ4n) is 2.68. The summed E-state index contributed by atoms with van der Waals surface area (Å²) in [7, 11) is 1.62. The van der Waals surface area contributed by atoms with E-state index in [1.807, 2.05) is 56.5 Å². The maximum absolute atomic E-state index is 12.4. The molecule has 1 aromatic carbocycles. The molecule has 1 amide bonds. The molecular weight excluding hydrogens is 332 g/mol. The first-order valence-corrected chi connectivity index (χ1v) is 8.60. The molecule has 0 atom stereocenters. The molecule has 0 saturated heterocycles. The van der Waals surface area contributed by atoms with Gasteiger partial charge in [0.15, 0.2) is 6.61 Å². The number of carbonyl (C=O) groups excluding carboxylic acids is 2. The molecule has 1 aromatic heterocycles. The molecule has 0 saturated carbocycles. The molecular formula is C20H26N2O4. The van der Waals surface area contributed by atoms with E-state index in [0.29, 0.717) is 18.0 Å². The molecule has 2 aromatic rings. The molecule has 0 fully saturated rings. The fraction of sp³-hybridized carbons (Fsp3) is 0.400.